The van der Waals surface area contributed by atoms with Crippen LogP contribution in [0.5, 0.6) is 0 Å². The van der Waals surface area contributed by atoms with Crippen LogP contribution in [0.15, 0.2) is 66.1 Å². The molecule has 3 aromatic heterocycles. The van der Waals surface area contributed by atoms with E-state index in [1.165, 1.54) is 0 Å². The summed E-state index contributed by atoms with van der Waals surface area (Å²) in [5.41, 5.74) is 3.79. The Labute approximate surface area is 144 Å². The van der Waals surface area contributed by atoms with Crippen LogP contribution >= 0.6 is 0 Å². The maximum atomic E-state index is 12.4. The van der Waals surface area contributed by atoms with Gasteiger partial charge in [0.15, 0.2) is 0 Å². The minimum atomic E-state index is -3.75. The van der Waals surface area contributed by atoms with Gasteiger partial charge in [0, 0.05) is 23.7 Å². The molecule has 0 radical (unpaired) electrons. The summed E-state index contributed by atoms with van der Waals surface area (Å²) >= 11 is 0. The molecule has 0 bridgehead atoms. The molecular formula is C17H15N5O2S. The van der Waals surface area contributed by atoms with Gasteiger partial charge in [-0.15, -0.1) is 0 Å². The molecule has 0 unspecified atom stereocenters. The van der Waals surface area contributed by atoms with Gasteiger partial charge >= 0.3 is 0 Å². The number of hydrogen-bond acceptors (Lipinski definition) is 4. The number of benzene rings is 1. The summed E-state index contributed by atoms with van der Waals surface area (Å²) in [6.07, 6.45) is 3.46. The van der Waals surface area contributed by atoms with E-state index in [0.29, 0.717) is 16.7 Å². The first kappa shape index (κ1) is 15.6. The van der Waals surface area contributed by atoms with Crippen LogP contribution in [0.2, 0.25) is 0 Å². The standard InChI is InChI=1S/C17H15N5O2S/c23-25(24,20-11-13-4-1-2-8-18-13)17-21-15-7-6-12(10-16(15)22-17)14-5-3-9-19-14/h1-10,19-20H,11H2,(H,21,22). The van der Waals surface area contributed by atoms with Crippen molar-refractivity contribution < 1.29 is 8.42 Å². The fraction of sp³-hybridized carbons (Fsp3) is 0.0588. The first-order valence-corrected chi connectivity index (χ1v) is 9.13. The Hall–Kier alpha value is -2.97. The quantitative estimate of drug-likeness (QED) is 0.512. The highest BCUT2D eigenvalue weighted by Crippen LogP contribution is 2.23. The molecule has 0 atom stereocenters. The largest absolute Gasteiger partial charge is 0.361 e. The van der Waals surface area contributed by atoms with Gasteiger partial charge in [-0.05, 0) is 36.4 Å². The van der Waals surface area contributed by atoms with Crippen LogP contribution < -0.4 is 4.72 Å². The molecule has 1 aromatic carbocycles. The molecule has 3 heterocycles. The topological polar surface area (TPSA) is 104 Å². The van der Waals surface area contributed by atoms with E-state index < -0.39 is 10.0 Å². The molecule has 0 aliphatic carbocycles. The van der Waals surface area contributed by atoms with Crippen LogP contribution in [0.4, 0.5) is 0 Å². The fourth-order valence-corrected chi connectivity index (χ4v) is 3.47. The first-order chi connectivity index (χ1) is 12.1. The number of sulfonamides is 1. The van der Waals surface area contributed by atoms with Crippen LogP contribution in [0, 0.1) is 0 Å². The molecule has 7 nitrogen and oxygen atoms in total. The molecule has 0 saturated heterocycles. The third-order valence-electron chi connectivity index (χ3n) is 3.79. The van der Waals surface area contributed by atoms with Gasteiger partial charge in [-0.3, -0.25) is 4.98 Å². The number of pyridine rings is 1. The maximum absolute atomic E-state index is 12.4. The van der Waals surface area contributed by atoms with Crippen molar-refractivity contribution in [3.63, 3.8) is 0 Å². The molecule has 0 saturated carbocycles. The first-order valence-electron chi connectivity index (χ1n) is 7.65. The van der Waals surface area contributed by atoms with E-state index in [-0.39, 0.29) is 11.7 Å². The summed E-state index contributed by atoms with van der Waals surface area (Å²) in [5, 5.41) is -0.109. The highest BCUT2D eigenvalue weighted by Gasteiger charge is 2.19. The summed E-state index contributed by atoms with van der Waals surface area (Å²) < 4.78 is 27.4. The van der Waals surface area contributed by atoms with Crippen molar-refractivity contribution in [2.45, 2.75) is 11.7 Å². The SMILES string of the molecule is O=S(=O)(NCc1ccccn1)c1nc2ccc(-c3ccc[nH]3)cc2[nH]1. The van der Waals surface area contributed by atoms with Gasteiger partial charge in [0.2, 0.25) is 5.16 Å². The van der Waals surface area contributed by atoms with Crippen LogP contribution in [0.1, 0.15) is 5.69 Å². The number of nitrogens with zero attached hydrogens (tertiary/aromatic N) is 2. The van der Waals surface area contributed by atoms with Crippen molar-refractivity contribution in [3.05, 3.63) is 66.6 Å². The van der Waals surface area contributed by atoms with Gasteiger partial charge in [0.25, 0.3) is 10.0 Å². The molecule has 0 spiro atoms. The smallest absolute Gasteiger partial charge is 0.274 e. The number of fused-ring (bicyclic) bond motifs is 1. The second-order valence-electron chi connectivity index (χ2n) is 5.50. The lowest BCUT2D eigenvalue weighted by molar-refractivity contribution is 0.573. The monoisotopic (exact) mass is 353 g/mol. The Morgan fingerprint density at radius 2 is 2.00 bits per heavy atom. The number of aromatic nitrogens is 4. The minimum absolute atomic E-state index is 0.105. The highest BCUT2D eigenvalue weighted by atomic mass is 32.2. The lowest BCUT2D eigenvalue weighted by Crippen LogP contribution is -2.24. The highest BCUT2D eigenvalue weighted by molar-refractivity contribution is 7.89. The van der Waals surface area contributed by atoms with Crippen LogP contribution in [0.25, 0.3) is 22.3 Å². The van der Waals surface area contributed by atoms with Crippen molar-refractivity contribution in [1.82, 2.24) is 24.7 Å². The zero-order valence-corrected chi connectivity index (χ0v) is 13.9. The van der Waals surface area contributed by atoms with Gasteiger partial charge in [-0.2, -0.15) is 0 Å². The Balaban J connectivity index is 1.62. The second-order valence-corrected chi connectivity index (χ2v) is 7.19. The van der Waals surface area contributed by atoms with Crippen LogP contribution in [-0.2, 0) is 16.6 Å². The van der Waals surface area contributed by atoms with E-state index in [2.05, 4.69) is 24.7 Å². The molecular weight excluding hydrogens is 338 g/mol. The zero-order chi connectivity index (χ0) is 17.3. The molecule has 8 heteroatoms. The van der Waals surface area contributed by atoms with E-state index in [1.807, 2.05) is 30.5 Å². The Bertz CT molecular complexity index is 1100. The van der Waals surface area contributed by atoms with Gasteiger partial charge in [0.05, 0.1) is 23.3 Å². The van der Waals surface area contributed by atoms with E-state index in [1.54, 1.807) is 30.5 Å². The average Bonchev–Trinajstić information content (AvgIpc) is 3.30. The van der Waals surface area contributed by atoms with Crippen LogP contribution in [-0.4, -0.2) is 28.4 Å². The molecule has 0 fully saturated rings. The predicted molar refractivity (Wildman–Crippen MR) is 94.1 cm³/mol. The van der Waals surface area contributed by atoms with Gasteiger partial charge in [-0.1, -0.05) is 12.1 Å². The van der Waals surface area contributed by atoms with E-state index in [4.69, 9.17) is 0 Å². The van der Waals surface area contributed by atoms with E-state index in [9.17, 15) is 8.42 Å². The Morgan fingerprint density at radius 3 is 2.76 bits per heavy atom. The normalized spacial score (nSPS) is 11.8. The zero-order valence-electron chi connectivity index (χ0n) is 13.1. The summed E-state index contributed by atoms with van der Waals surface area (Å²) in [4.78, 5) is 14.3. The molecule has 4 rings (SSSR count). The second kappa shape index (κ2) is 6.15. The predicted octanol–water partition coefficient (Wildman–Crippen LogP) is 2.43. The third-order valence-corrected chi connectivity index (χ3v) is 5.02. The summed E-state index contributed by atoms with van der Waals surface area (Å²) in [7, 11) is -3.75. The van der Waals surface area contributed by atoms with Crippen molar-refractivity contribution in [1.29, 1.82) is 0 Å². The molecule has 4 aromatic rings. The number of rotatable bonds is 5. The molecule has 0 aliphatic heterocycles. The molecule has 126 valence electrons. The Morgan fingerprint density at radius 1 is 1.08 bits per heavy atom. The number of H-pyrrole nitrogens is 2. The molecule has 25 heavy (non-hydrogen) atoms. The van der Waals surface area contributed by atoms with E-state index in [0.717, 1.165) is 11.3 Å². The number of imidazole rings is 1. The summed E-state index contributed by atoms with van der Waals surface area (Å²) in [5.74, 6) is 0. The van der Waals surface area contributed by atoms with Gasteiger partial charge in [0.1, 0.15) is 0 Å². The molecule has 3 N–H and O–H groups in total. The minimum Gasteiger partial charge on any atom is -0.361 e. The summed E-state index contributed by atoms with van der Waals surface area (Å²) in [6.45, 7) is 0.105. The number of hydrogen-bond donors (Lipinski definition) is 3. The summed E-state index contributed by atoms with van der Waals surface area (Å²) in [6, 6.07) is 14.7. The maximum Gasteiger partial charge on any atom is 0.274 e. The third kappa shape index (κ3) is 3.17. The fourth-order valence-electron chi connectivity index (χ4n) is 2.53. The van der Waals surface area contributed by atoms with Crippen LogP contribution in [0.3, 0.4) is 0 Å². The Kier molecular flexibility index (Phi) is 3.83. The molecule has 0 amide bonds. The lowest BCUT2D eigenvalue weighted by atomic mass is 10.1. The number of aromatic amines is 2. The van der Waals surface area contributed by atoms with Gasteiger partial charge in [-0.25, -0.2) is 18.1 Å². The molecule has 0 aliphatic rings. The van der Waals surface area contributed by atoms with Gasteiger partial charge < -0.3 is 9.97 Å². The average molecular weight is 353 g/mol. The number of nitrogens with one attached hydrogen (secondary N) is 3. The van der Waals surface area contributed by atoms with Crippen molar-refractivity contribution >= 4 is 21.1 Å². The van der Waals surface area contributed by atoms with Crippen molar-refractivity contribution in [2.24, 2.45) is 0 Å². The lowest BCUT2D eigenvalue weighted by Gasteiger charge is -2.03. The van der Waals surface area contributed by atoms with Crippen molar-refractivity contribution in [2.75, 3.05) is 0 Å². The van der Waals surface area contributed by atoms with E-state index >= 15 is 0 Å². The van der Waals surface area contributed by atoms with Crippen molar-refractivity contribution in [3.8, 4) is 11.3 Å².